The molecule has 26 heavy (non-hydrogen) atoms. The zero-order chi connectivity index (χ0) is 18.7. The van der Waals surface area contributed by atoms with Crippen molar-refractivity contribution in [2.45, 2.75) is 39.4 Å². The number of rotatable bonds is 3. The van der Waals surface area contributed by atoms with E-state index < -0.39 is 5.60 Å². The van der Waals surface area contributed by atoms with Crippen molar-refractivity contribution >= 4 is 17.7 Å². The fourth-order valence-electron chi connectivity index (χ4n) is 2.63. The number of hydrogen-bond donors (Lipinski definition) is 2. The van der Waals surface area contributed by atoms with E-state index in [1.165, 1.54) is 0 Å². The summed E-state index contributed by atoms with van der Waals surface area (Å²) in [6.45, 7) is 8.87. The highest BCUT2D eigenvalue weighted by Crippen LogP contribution is 2.24. The Labute approximate surface area is 152 Å². The molecule has 1 unspecified atom stereocenters. The lowest BCUT2D eigenvalue weighted by atomic mass is 10.2. The van der Waals surface area contributed by atoms with Crippen LogP contribution in [0.2, 0.25) is 0 Å². The van der Waals surface area contributed by atoms with Crippen LogP contribution in [0, 0.1) is 6.92 Å². The molecule has 3 heterocycles. The highest BCUT2D eigenvalue weighted by Gasteiger charge is 2.29. The summed E-state index contributed by atoms with van der Waals surface area (Å²) < 4.78 is 11.3. The van der Waals surface area contributed by atoms with Crippen molar-refractivity contribution in [3.63, 3.8) is 0 Å². The van der Waals surface area contributed by atoms with Gasteiger partial charge in [0, 0.05) is 18.3 Å². The van der Waals surface area contributed by atoms with E-state index in [4.69, 9.17) is 9.47 Å². The molecule has 0 aliphatic carbocycles. The standard InChI is InChI=1S/C18H25N5O3/c1-12-10-16(22-21-12)20-15-7-5-6-13(19-15)14-11-23(8-9-25-14)17(24)26-18(2,3)4/h5-7,10,14H,8-9,11H2,1-4H3,(H2,19,20,21,22). The lowest BCUT2D eigenvalue weighted by Gasteiger charge is -2.34. The first-order chi connectivity index (χ1) is 12.3. The third-order valence-corrected chi connectivity index (χ3v) is 3.78. The van der Waals surface area contributed by atoms with E-state index in [0.29, 0.717) is 31.3 Å². The summed E-state index contributed by atoms with van der Waals surface area (Å²) in [5.74, 6) is 1.37. The van der Waals surface area contributed by atoms with Crippen molar-refractivity contribution < 1.29 is 14.3 Å². The van der Waals surface area contributed by atoms with Gasteiger partial charge in [0.05, 0.1) is 18.8 Å². The summed E-state index contributed by atoms with van der Waals surface area (Å²) in [5.41, 5.74) is 1.21. The Morgan fingerprint density at radius 2 is 2.19 bits per heavy atom. The van der Waals surface area contributed by atoms with Crippen LogP contribution in [0.3, 0.4) is 0 Å². The number of anilines is 2. The van der Waals surface area contributed by atoms with Gasteiger partial charge in [0.15, 0.2) is 5.82 Å². The molecule has 0 spiro atoms. The molecule has 1 amide bonds. The van der Waals surface area contributed by atoms with Crippen LogP contribution >= 0.6 is 0 Å². The Bertz CT molecular complexity index is 768. The van der Waals surface area contributed by atoms with E-state index in [1.54, 1.807) is 4.90 Å². The van der Waals surface area contributed by atoms with Gasteiger partial charge in [-0.3, -0.25) is 5.10 Å². The number of hydrogen-bond acceptors (Lipinski definition) is 6. The summed E-state index contributed by atoms with van der Waals surface area (Å²) in [5, 5.41) is 10.2. The Hall–Kier alpha value is -2.61. The summed E-state index contributed by atoms with van der Waals surface area (Å²) in [6, 6.07) is 7.56. The van der Waals surface area contributed by atoms with Crippen LogP contribution in [0.1, 0.15) is 38.3 Å². The zero-order valence-electron chi connectivity index (χ0n) is 15.6. The van der Waals surface area contributed by atoms with Gasteiger partial charge in [0.1, 0.15) is 17.5 Å². The minimum atomic E-state index is -0.519. The van der Waals surface area contributed by atoms with E-state index in [2.05, 4.69) is 20.5 Å². The van der Waals surface area contributed by atoms with Gasteiger partial charge in [0.2, 0.25) is 0 Å². The smallest absolute Gasteiger partial charge is 0.410 e. The number of pyridine rings is 1. The van der Waals surface area contributed by atoms with E-state index in [9.17, 15) is 4.79 Å². The molecule has 2 aromatic rings. The van der Waals surface area contributed by atoms with Gasteiger partial charge in [-0.1, -0.05) is 6.07 Å². The summed E-state index contributed by atoms with van der Waals surface area (Å²) in [4.78, 5) is 18.6. The van der Waals surface area contributed by atoms with Gasteiger partial charge in [0.25, 0.3) is 0 Å². The molecule has 1 aliphatic rings. The lowest BCUT2D eigenvalue weighted by Crippen LogP contribution is -2.44. The second-order valence-corrected chi connectivity index (χ2v) is 7.29. The van der Waals surface area contributed by atoms with Gasteiger partial charge in [-0.25, -0.2) is 9.78 Å². The van der Waals surface area contributed by atoms with Crippen LogP contribution in [0.4, 0.5) is 16.4 Å². The maximum absolute atomic E-state index is 12.3. The largest absolute Gasteiger partial charge is 0.444 e. The minimum absolute atomic E-state index is 0.293. The first-order valence-corrected chi connectivity index (χ1v) is 8.66. The molecule has 0 saturated carbocycles. The molecule has 8 nitrogen and oxygen atoms in total. The van der Waals surface area contributed by atoms with Gasteiger partial charge in [-0.2, -0.15) is 5.10 Å². The number of H-pyrrole nitrogens is 1. The minimum Gasteiger partial charge on any atom is -0.444 e. The number of aromatic nitrogens is 3. The SMILES string of the molecule is Cc1cc(Nc2cccc(C3CN(C(=O)OC(C)(C)C)CCO3)n2)n[nH]1. The van der Waals surface area contributed by atoms with Gasteiger partial charge in [-0.05, 0) is 39.8 Å². The molecule has 1 saturated heterocycles. The predicted molar refractivity (Wildman–Crippen MR) is 97.3 cm³/mol. The number of nitrogens with zero attached hydrogens (tertiary/aromatic N) is 3. The van der Waals surface area contributed by atoms with Crippen LogP contribution in [0.5, 0.6) is 0 Å². The molecule has 1 atom stereocenters. The Kier molecular flexibility index (Phi) is 5.13. The second-order valence-electron chi connectivity index (χ2n) is 7.29. The van der Waals surface area contributed by atoms with Crippen LogP contribution in [-0.4, -0.2) is 51.5 Å². The Morgan fingerprint density at radius 1 is 1.38 bits per heavy atom. The average molecular weight is 359 g/mol. The third-order valence-electron chi connectivity index (χ3n) is 3.78. The fourth-order valence-corrected chi connectivity index (χ4v) is 2.63. The van der Waals surface area contributed by atoms with Crippen molar-refractivity contribution in [3.05, 3.63) is 35.7 Å². The van der Waals surface area contributed by atoms with Crippen molar-refractivity contribution in [3.8, 4) is 0 Å². The van der Waals surface area contributed by atoms with Crippen molar-refractivity contribution in [2.75, 3.05) is 25.0 Å². The zero-order valence-corrected chi connectivity index (χ0v) is 15.6. The van der Waals surface area contributed by atoms with Crippen molar-refractivity contribution in [1.82, 2.24) is 20.1 Å². The van der Waals surface area contributed by atoms with E-state index in [1.807, 2.05) is 52.0 Å². The van der Waals surface area contributed by atoms with Crippen molar-refractivity contribution in [1.29, 1.82) is 0 Å². The van der Waals surface area contributed by atoms with Gasteiger partial charge >= 0.3 is 6.09 Å². The maximum Gasteiger partial charge on any atom is 0.410 e. The summed E-state index contributed by atoms with van der Waals surface area (Å²) >= 11 is 0. The first-order valence-electron chi connectivity index (χ1n) is 8.66. The highest BCUT2D eigenvalue weighted by molar-refractivity contribution is 5.68. The first kappa shape index (κ1) is 18.2. The fraction of sp³-hybridized carbons (Fsp3) is 0.500. The average Bonchev–Trinajstić information content (AvgIpc) is 2.98. The molecule has 2 N–H and O–H groups in total. The Morgan fingerprint density at radius 3 is 2.88 bits per heavy atom. The van der Waals surface area contributed by atoms with Crippen LogP contribution < -0.4 is 5.32 Å². The highest BCUT2D eigenvalue weighted by atomic mass is 16.6. The quantitative estimate of drug-likeness (QED) is 0.874. The molecule has 3 rings (SSSR count). The van der Waals surface area contributed by atoms with E-state index in [-0.39, 0.29) is 12.2 Å². The van der Waals surface area contributed by atoms with Crippen LogP contribution in [0.15, 0.2) is 24.3 Å². The van der Waals surface area contributed by atoms with Crippen LogP contribution in [-0.2, 0) is 9.47 Å². The number of morpholine rings is 1. The normalized spacial score (nSPS) is 17.8. The summed E-state index contributed by atoms with van der Waals surface area (Å²) in [6.07, 6.45) is -0.619. The maximum atomic E-state index is 12.3. The number of aryl methyl sites for hydroxylation is 1. The van der Waals surface area contributed by atoms with Crippen molar-refractivity contribution in [2.24, 2.45) is 0 Å². The Balaban J connectivity index is 1.68. The molecule has 1 aliphatic heterocycles. The second kappa shape index (κ2) is 7.33. The number of amides is 1. The predicted octanol–water partition coefficient (Wildman–Crippen LogP) is 3.17. The topological polar surface area (TPSA) is 92.4 Å². The van der Waals surface area contributed by atoms with Gasteiger partial charge < -0.3 is 19.7 Å². The molecule has 0 aromatic carbocycles. The van der Waals surface area contributed by atoms with E-state index >= 15 is 0 Å². The van der Waals surface area contributed by atoms with Crippen LogP contribution in [0.25, 0.3) is 0 Å². The van der Waals surface area contributed by atoms with E-state index in [0.717, 1.165) is 11.4 Å². The molecular weight excluding hydrogens is 334 g/mol. The molecule has 0 bridgehead atoms. The summed E-state index contributed by atoms with van der Waals surface area (Å²) in [7, 11) is 0. The molecule has 140 valence electrons. The lowest BCUT2D eigenvalue weighted by molar-refractivity contribution is -0.0446. The number of carbonyl (C=O) groups excluding carboxylic acids is 1. The molecule has 2 aromatic heterocycles. The molecular formula is C18H25N5O3. The number of nitrogens with one attached hydrogen (secondary N) is 2. The number of ether oxygens (including phenoxy) is 2. The molecule has 8 heteroatoms. The monoisotopic (exact) mass is 359 g/mol. The van der Waals surface area contributed by atoms with Gasteiger partial charge in [-0.15, -0.1) is 0 Å². The molecule has 0 radical (unpaired) electrons. The molecule has 1 fully saturated rings. The number of aromatic amines is 1. The number of carbonyl (C=O) groups is 1. The third kappa shape index (κ3) is 4.72.